The molecule has 0 radical (unpaired) electrons. The third kappa shape index (κ3) is 25.3. The van der Waals surface area contributed by atoms with E-state index in [1.54, 1.807) is 0 Å². The van der Waals surface area contributed by atoms with Crippen LogP contribution in [0.1, 0.15) is 84.5 Å². The Morgan fingerprint density at radius 1 is 0.483 bits per heavy atom. The summed E-state index contributed by atoms with van der Waals surface area (Å²) >= 11 is 0. The minimum Gasteiger partial charge on any atom is -0.466 e. The Balaban J connectivity index is 3.12. The molecule has 0 N–H and O–H groups in total. The van der Waals surface area contributed by atoms with Gasteiger partial charge in [-0.05, 0) is 19.3 Å². The molecule has 29 heavy (non-hydrogen) atoms. The van der Waals surface area contributed by atoms with E-state index >= 15 is 0 Å². The highest BCUT2D eigenvalue weighted by Crippen LogP contribution is 2.07. The minimum atomic E-state index is -0.119. The van der Waals surface area contributed by atoms with Gasteiger partial charge < -0.3 is 23.7 Å². The molecule has 0 aromatic heterocycles. The molecule has 0 heterocycles. The van der Waals surface area contributed by atoms with Gasteiger partial charge in [0, 0.05) is 19.6 Å². The number of esters is 1. The first-order valence-electron chi connectivity index (χ1n) is 11.8. The summed E-state index contributed by atoms with van der Waals surface area (Å²) in [5.74, 6) is -0.119. The van der Waals surface area contributed by atoms with Crippen LogP contribution < -0.4 is 0 Å². The van der Waals surface area contributed by atoms with E-state index < -0.39 is 0 Å². The fourth-order valence-corrected chi connectivity index (χ4v) is 2.64. The van der Waals surface area contributed by atoms with E-state index in [-0.39, 0.29) is 5.97 Å². The van der Waals surface area contributed by atoms with E-state index in [9.17, 15) is 4.79 Å². The van der Waals surface area contributed by atoms with Gasteiger partial charge in [0.2, 0.25) is 0 Å². The maximum atomic E-state index is 11.6. The van der Waals surface area contributed by atoms with E-state index in [0.29, 0.717) is 65.7 Å². The van der Waals surface area contributed by atoms with Gasteiger partial charge in [-0.2, -0.15) is 0 Å². The lowest BCUT2D eigenvalue weighted by Gasteiger charge is -2.07. The predicted molar refractivity (Wildman–Crippen MR) is 116 cm³/mol. The van der Waals surface area contributed by atoms with Crippen molar-refractivity contribution >= 4 is 5.97 Å². The Morgan fingerprint density at radius 2 is 0.931 bits per heavy atom. The number of rotatable bonds is 24. The van der Waals surface area contributed by atoms with Crippen LogP contribution in [0, 0.1) is 0 Å². The molecule has 0 aliphatic rings. The second kappa shape index (κ2) is 25.3. The molecule has 0 saturated carbocycles. The fraction of sp³-hybridized carbons (Fsp3) is 0.957. The Kier molecular flexibility index (Phi) is 24.7. The van der Waals surface area contributed by atoms with Crippen LogP contribution in [0.25, 0.3) is 0 Å². The second-order valence-corrected chi connectivity index (χ2v) is 7.25. The average Bonchev–Trinajstić information content (AvgIpc) is 2.72. The highest BCUT2D eigenvalue weighted by molar-refractivity contribution is 5.69. The molecule has 0 aromatic rings. The number of hydrogen-bond acceptors (Lipinski definition) is 6. The molecule has 0 bridgehead atoms. The fourth-order valence-electron chi connectivity index (χ4n) is 2.64. The molecule has 6 nitrogen and oxygen atoms in total. The molecular weight excluding hydrogens is 372 g/mol. The number of hydrogen-bond donors (Lipinski definition) is 0. The average molecular weight is 419 g/mol. The topological polar surface area (TPSA) is 63.2 Å². The summed E-state index contributed by atoms with van der Waals surface area (Å²) in [4.78, 5) is 11.6. The van der Waals surface area contributed by atoms with Gasteiger partial charge in [-0.25, -0.2) is 0 Å². The molecule has 6 heteroatoms. The van der Waals surface area contributed by atoms with E-state index in [2.05, 4.69) is 13.8 Å². The third-order valence-corrected chi connectivity index (χ3v) is 4.44. The van der Waals surface area contributed by atoms with Gasteiger partial charge in [0.15, 0.2) is 0 Å². The zero-order valence-electron chi connectivity index (χ0n) is 19.1. The van der Waals surface area contributed by atoms with Crippen molar-refractivity contribution in [2.24, 2.45) is 0 Å². The van der Waals surface area contributed by atoms with Gasteiger partial charge in [-0.15, -0.1) is 0 Å². The molecule has 174 valence electrons. The Bertz CT molecular complexity index is 324. The molecule has 0 aliphatic heterocycles. The highest BCUT2D eigenvalue weighted by Gasteiger charge is 2.02. The molecule has 0 amide bonds. The smallest absolute Gasteiger partial charge is 0.305 e. The molecule has 0 unspecified atom stereocenters. The summed E-state index contributed by atoms with van der Waals surface area (Å²) < 4.78 is 27.0. The summed E-state index contributed by atoms with van der Waals surface area (Å²) in [6.07, 6.45) is 12.0. The first-order valence-corrected chi connectivity index (χ1v) is 11.8. The second-order valence-electron chi connectivity index (χ2n) is 7.25. The molecule has 0 fully saturated rings. The monoisotopic (exact) mass is 418 g/mol. The van der Waals surface area contributed by atoms with Crippen molar-refractivity contribution in [3.05, 3.63) is 0 Å². The van der Waals surface area contributed by atoms with E-state index in [0.717, 1.165) is 32.3 Å². The molecule has 0 saturated heterocycles. The predicted octanol–water partition coefficient (Wildman–Crippen LogP) is 4.93. The molecule has 0 rings (SSSR count). The number of carbonyl (C=O) groups is 1. The van der Waals surface area contributed by atoms with Crippen LogP contribution in [0.5, 0.6) is 0 Å². The molecule has 0 aromatic carbocycles. The SMILES string of the molecule is CCCCCCCCCOC(=O)CCCOCCOCCOCCOCCCC. The largest absolute Gasteiger partial charge is 0.466 e. The highest BCUT2D eigenvalue weighted by atomic mass is 16.6. The zero-order chi connectivity index (χ0) is 21.3. The van der Waals surface area contributed by atoms with Crippen LogP contribution >= 0.6 is 0 Å². The lowest BCUT2D eigenvalue weighted by atomic mass is 10.1. The third-order valence-electron chi connectivity index (χ3n) is 4.44. The van der Waals surface area contributed by atoms with Crippen LogP contribution in [-0.4, -0.2) is 65.4 Å². The van der Waals surface area contributed by atoms with E-state index in [4.69, 9.17) is 23.7 Å². The number of ether oxygens (including phenoxy) is 5. The zero-order valence-corrected chi connectivity index (χ0v) is 19.1. The van der Waals surface area contributed by atoms with Crippen molar-refractivity contribution < 1.29 is 28.5 Å². The summed E-state index contributed by atoms with van der Waals surface area (Å²) in [6.45, 7) is 9.75. The van der Waals surface area contributed by atoms with Crippen molar-refractivity contribution in [2.45, 2.75) is 84.5 Å². The van der Waals surface area contributed by atoms with Crippen molar-refractivity contribution in [3.8, 4) is 0 Å². The lowest BCUT2D eigenvalue weighted by Crippen LogP contribution is -2.12. The van der Waals surface area contributed by atoms with Gasteiger partial charge in [0.25, 0.3) is 0 Å². The van der Waals surface area contributed by atoms with Crippen LogP contribution in [-0.2, 0) is 28.5 Å². The summed E-state index contributed by atoms with van der Waals surface area (Å²) in [6, 6.07) is 0. The van der Waals surface area contributed by atoms with E-state index in [1.807, 2.05) is 0 Å². The molecule has 0 atom stereocenters. The van der Waals surface area contributed by atoms with Crippen molar-refractivity contribution in [2.75, 3.05) is 59.5 Å². The quantitative estimate of drug-likeness (QED) is 0.164. The summed E-state index contributed by atoms with van der Waals surface area (Å²) in [5.41, 5.74) is 0. The maximum absolute atomic E-state index is 11.6. The summed E-state index contributed by atoms with van der Waals surface area (Å²) in [5, 5.41) is 0. The summed E-state index contributed by atoms with van der Waals surface area (Å²) in [7, 11) is 0. The maximum Gasteiger partial charge on any atom is 0.305 e. The first-order chi connectivity index (χ1) is 14.3. The van der Waals surface area contributed by atoms with Crippen molar-refractivity contribution in [1.82, 2.24) is 0 Å². The van der Waals surface area contributed by atoms with Gasteiger partial charge in [0.05, 0.1) is 46.2 Å². The van der Waals surface area contributed by atoms with Gasteiger partial charge >= 0.3 is 5.97 Å². The Hall–Kier alpha value is -0.690. The van der Waals surface area contributed by atoms with Gasteiger partial charge in [-0.3, -0.25) is 4.79 Å². The van der Waals surface area contributed by atoms with Crippen LogP contribution in [0.3, 0.4) is 0 Å². The van der Waals surface area contributed by atoms with Crippen molar-refractivity contribution in [1.29, 1.82) is 0 Å². The van der Waals surface area contributed by atoms with Crippen LogP contribution in [0.15, 0.2) is 0 Å². The molecule has 0 aliphatic carbocycles. The standard InChI is InChI=1S/C23H46O6/c1-3-5-7-8-9-10-11-16-29-23(24)13-12-15-26-18-20-28-22-21-27-19-17-25-14-6-4-2/h3-22H2,1-2H3. The van der Waals surface area contributed by atoms with Crippen molar-refractivity contribution in [3.63, 3.8) is 0 Å². The lowest BCUT2D eigenvalue weighted by molar-refractivity contribution is -0.144. The van der Waals surface area contributed by atoms with E-state index in [1.165, 1.54) is 32.1 Å². The van der Waals surface area contributed by atoms with Gasteiger partial charge in [0.1, 0.15) is 0 Å². The number of unbranched alkanes of at least 4 members (excludes halogenated alkanes) is 7. The normalized spacial score (nSPS) is 11.1. The Labute approximate surface area is 178 Å². The van der Waals surface area contributed by atoms with Crippen LogP contribution in [0.2, 0.25) is 0 Å². The van der Waals surface area contributed by atoms with Gasteiger partial charge in [-0.1, -0.05) is 58.8 Å². The first kappa shape index (κ1) is 28.3. The van der Waals surface area contributed by atoms with Crippen LogP contribution in [0.4, 0.5) is 0 Å². The molecule has 0 spiro atoms. The number of carbonyl (C=O) groups excluding carboxylic acids is 1. The molecular formula is C23H46O6. The Morgan fingerprint density at radius 3 is 1.48 bits per heavy atom. The minimum absolute atomic E-state index is 0.119.